The van der Waals surface area contributed by atoms with Gasteiger partial charge in [0.1, 0.15) is 6.04 Å². The second-order valence-corrected chi connectivity index (χ2v) is 8.44. The normalized spacial score (nSPS) is 15.2. The Morgan fingerprint density at radius 3 is 2.48 bits per heavy atom. The molecule has 1 aromatic carbocycles. The maximum absolute atomic E-state index is 12.5. The Hall–Kier alpha value is -2.68. The molecule has 1 aliphatic rings. The predicted molar refractivity (Wildman–Crippen MR) is 115 cm³/mol. The first kappa shape index (κ1) is 24.6. The van der Waals surface area contributed by atoms with E-state index in [4.69, 9.17) is 16.3 Å². The molecule has 0 bridgehead atoms. The quantitative estimate of drug-likeness (QED) is 0.335. The lowest BCUT2D eigenvalue weighted by Gasteiger charge is -2.22. The van der Waals surface area contributed by atoms with Gasteiger partial charge in [0, 0.05) is 18.7 Å². The number of nitrogens with zero attached hydrogens (tertiary/aromatic N) is 1. The number of non-ortho nitro benzene ring substituents is 1. The van der Waals surface area contributed by atoms with E-state index in [1.54, 1.807) is 13.8 Å². The highest BCUT2D eigenvalue weighted by atomic mass is 35.5. The van der Waals surface area contributed by atoms with Crippen LogP contribution >= 0.6 is 11.6 Å². The molecule has 1 aliphatic carbocycles. The molecule has 0 aromatic heterocycles. The van der Waals surface area contributed by atoms with Crippen LogP contribution in [0.1, 0.15) is 56.3 Å². The molecule has 170 valence electrons. The van der Waals surface area contributed by atoms with Crippen molar-refractivity contribution in [3.63, 3.8) is 0 Å². The minimum absolute atomic E-state index is 0.00376. The van der Waals surface area contributed by atoms with Gasteiger partial charge in [-0.15, -0.1) is 0 Å². The molecule has 31 heavy (non-hydrogen) atoms. The number of esters is 1. The average molecular weight is 454 g/mol. The number of carbonyl (C=O) groups is 3. The lowest BCUT2D eigenvalue weighted by molar-refractivity contribution is -0.384. The molecular formula is C21H28ClN3O6. The van der Waals surface area contributed by atoms with Crippen LogP contribution in [0.15, 0.2) is 18.2 Å². The number of carbonyl (C=O) groups excluding carboxylic acids is 3. The van der Waals surface area contributed by atoms with E-state index in [-0.39, 0.29) is 28.1 Å². The number of rotatable bonds is 9. The molecular weight excluding hydrogens is 426 g/mol. The van der Waals surface area contributed by atoms with Gasteiger partial charge in [0.2, 0.25) is 0 Å². The molecule has 0 heterocycles. The first-order valence-electron chi connectivity index (χ1n) is 10.4. The van der Waals surface area contributed by atoms with Gasteiger partial charge >= 0.3 is 5.97 Å². The molecule has 1 atom stereocenters. The summed E-state index contributed by atoms with van der Waals surface area (Å²) < 4.78 is 5.10. The van der Waals surface area contributed by atoms with Crippen LogP contribution in [0.2, 0.25) is 5.02 Å². The van der Waals surface area contributed by atoms with E-state index in [1.165, 1.54) is 25.3 Å². The van der Waals surface area contributed by atoms with Crippen molar-refractivity contribution in [2.45, 2.75) is 52.0 Å². The fraction of sp³-hybridized carbons (Fsp3) is 0.571. The predicted octanol–water partition coefficient (Wildman–Crippen LogP) is 3.24. The molecule has 2 amide bonds. The third-order valence-corrected chi connectivity index (χ3v) is 5.59. The minimum Gasteiger partial charge on any atom is -0.454 e. The molecule has 0 aliphatic heterocycles. The molecule has 1 saturated carbocycles. The molecule has 1 fully saturated rings. The Bertz CT molecular complexity index is 823. The second kappa shape index (κ2) is 11.6. The summed E-state index contributed by atoms with van der Waals surface area (Å²) in [6, 6.07) is 2.43. The summed E-state index contributed by atoms with van der Waals surface area (Å²) in [6.45, 7) is 3.57. The topological polar surface area (TPSA) is 128 Å². The number of ether oxygens (including phenoxy) is 1. The fourth-order valence-corrected chi connectivity index (χ4v) is 3.71. The fourth-order valence-electron chi connectivity index (χ4n) is 3.45. The van der Waals surface area contributed by atoms with Crippen molar-refractivity contribution in [3.05, 3.63) is 38.9 Å². The largest absolute Gasteiger partial charge is 0.454 e. The van der Waals surface area contributed by atoms with E-state index in [0.717, 1.165) is 25.0 Å². The Kier molecular flexibility index (Phi) is 9.23. The average Bonchev–Trinajstić information content (AvgIpc) is 2.74. The smallest absolute Gasteiger partial charge is 0.329 e. The Morgan fingerprint density at radius 2 is 1.90 bits per heavy atom. The summed E-state index contributed by atoms with van der Waals surface area (Å²) in [4.78, 5) is 47.2. The van der Waals surface area contributed by atoms with E-state index < -0.39 is 29.4 Å². The van der Waals surface area contributed by atoms with E-state index in [0.29, 0.717) is 12.5 Å². The standard InChI is InChI=1S/C21H28ClN3O6/c1-13(2)19(24-20(27)16-9-8-15(25(29)30)10-17(16)22)21(28)31-12-18(26)23-11-14-6-4-3-5-7-14/h8-10,13-14,19H,3-7,11-12H2,1-2H3,(H,23,26)(H,24,27). The van der Waals surface area contributed by atoms with Gasteiger partial charge in [-0.05, 0) is 30.7 Å². The maximum Gasteiger partial charge on any atom is 0.329 e. The third-order valence-electron chi connectivity index (χ3n) is 5.27. The zero-order chi connectivity index (χ0) is 23.0. The molecule has 1 unspecified atom stereocenters. The lowest BCUT2D eigenvalue weighted by Crippen LogP contribution is -2.46. The van der Waals surface area contributed by atoms with Crippen LogP contribution in [0.4, 0.5) is 5.69 Å². The van der Waals surface area contributed by atoms with Gasteiger partial charge in [0.15, 0.2) is 6.61 Å². The van der Waals surface area contributed by atoms with E-state index in [9.17, 15) is 24.5 Å². The maximum atomic E-state index is 12.5. The highest BCUT2D eigenvalue weighted by Crippen LogP contribution is 2.23. The molecule has 1 aromatic rings. The van der Waals surface area contributed by atoms with Gasteiger partial charge in [-0.2, -0.15) is 0 Å². The van der Waals surface area contributed by atoms with Crippen LogP contribution in [-0.2, 0) is 14.3 Å². The van der Waals surface area contributed by atoms with Crippen LogP contribution in [0.25, 0.3) is 0 Å². The lowest BCUT2D eigenvalue weighted by atomic mass is 9.89. The van der Waals surface area contributed by atoms with Crippen LogP contribution in [0.3, 0.4) is 0 Å². The van der Waals surface area contributed by atoms with Crippen molar-refractivity contribution in [2.24, 2.45) is 11.8 Å². The number of hydrogen-bond donors (Lipinski definition) is 2. The summed E-state index contributed by atoms with van der Waals surface area (Å²) in [6.07, 6.45) is 5.75. The van der Waals surface area contributed by atoms with Crippen molar-refractivity contribution in [1.29, 1.82) is 0 Å². The van der Waals surface area contributed by atoms with Gasteiger partial charge in [-0.1, -0.05) is 44.7 Å². The minimum atomic E-state index is -1.01. The van der Waals surface area contributed by atoms with Crippen LogP contribution < -0.4 is 10.6 Å². The van der Waals surface area contributed by atoms with Crippen molar-refractivity contribution in [2.75, 3.05) is 13.2 Å². The number of hydrogen-bond acceptors (Lipinski definition) is 6. The van der Waals surface area contributed by atoms with Crippen molar-refractivity contribution >= 4 is 35.1 Å². The Balaban J connectivity index is 1.89. The molecule has 0 saturated heterocycles. The van der Waals surface area contributed by atoms with Crippen LogP contribution in [0.5, 0.6) is 0 Å². The number of nitro groups is 1. The number of amides is 2. The molecule has 2 rings (SSSR count). The van der Waals surface area contributed by atoms with Crippen molar-refractivity contribution in [3.8, 4) is 0 Å². The van der Waals surface area contributed by atoms with Crippen molar-refractivity contribution < 1.29 is 24.0 Å². The Morgan fingerprint density at radius 1 is 1.23 bits per heavy atom. The summed E-state index contributed by atoms with van der Waals surface area (Å²) in [5.74, 6) is -1.65. The van der Waals surface area contributed by atoms with Gasteiger partial charge in [0.25, 0.3) is 17.5 Å². The molecule has 9 nitrogen and oxygen atoms in total. The van der Waals surface area contributed by atoms with Gasteiger partial charge in [0.05, 0.1) is 15.5 Å². The summed E-state index contributed by atoms with van der Waals surface area (Å²) >= 11 is 5.98. The summed E-state index contributed by atoms with van der Waals surface area (Å²) in [5.41, 5.74) is -0.253. The number of benzene rings is 1. The molecule has 0 radical (unpaired) electrons. The molecule has 0 spiro atoms. The van der Waals surface area contributed by atoms with Crippen molar-refractivity contribution in [1.82, 2.24) is 10.6 Å². The monoisotopic (exact) mass is 453 g/mol. The van der Waals surface area contributed by atoms with Gasteiger partial charge in [-0.3, -0.25) is 19.7 Å². The van der Waals surface area contributed by atoms with E-state index in [2.05, 4.69) is 10.6 Å². The number of halogens is 1. The SMILES string of the molecule is CC(C)C(NC(=O)c1ccc([N+](=O)[O-])cc1Cl)C(=O)OCC(=O)NCC1CCCCC1. The van der Waals surface area contributed by atoms with Crippen LogP contribution in [-0.4, -0.2) is 41.9 Å². The van der Waals surface area contributed by atoms with E-state index in [1.807, 2.05) is 0 Å². The van der Waals surface area contributed by atoms with Gasteiger partial charge in [-0.25, -0.2) is 4.79 Å². The summed E-state index contributed by atoms with van der Waals surface area (Å²) in [5, 5.41) is 16.0. The molecule has 2 N–H and O–H groups in total. The molecule has 10 heteroatoms. The van der Waals surface area contributed by atoms with Gasteiger partial charge < -0.3 is 15.4 Å². The first-order chi connectivity index (χ1) is 14.7. The van der Waals surface area contributed by atoms with E-state index >= 15 is 0 Å². The number of nitro benzene ring substituents is 1. The first-order valence-corrected chi connectivity index (χ1v) is 10.7. The zero-order valence-corrected chi connectivity index (χ0v) is 18.4. The highest BCUT2D eigenvalue weighted by Gasteiger charge is 2.28. The zero-order valence-electron chi connectivity index (χ0n) is 17.7. The summed E-state index contributed by atoms with van der Waals surface area (Å²) in [7, 11) is 0. The second-order valence-electron chi connectivity index (χ2n) is 8.03. The number of nitrogens with one attached hydrogen (secondary N) is 2. The Labute approximate surface area is 186 Å². The third kappa shape index (κ3) is 7.50. The van der Waals surface area contributed by atoms with Crippen LogP contribution in [0, 0.1) is 22.0 Å². The highest BCUT2D eigenvalue weighted by molar-refractivity contribution is 6.34.